The number of ether oxygens (including phenoxy) is 1. The average Bonchev–Trinajstić information content (AvgIpc) is 1.65. The fourth-order valence-corrected chi connectivity index (χ4v) is 0.223. The van der Waals surface area contributed by atoms with E-state index in [1.807, 2.05) is 5.18 Å². The van der Waals surface area contributed by atoms with Crippen molar-refractivity contribution >= 4 is 6.09 Å². The lowest BCUT2D eigenvalue weighted by Gasteiger charge is -1.99. The molecular weight excluding hydrogens is 110 g/mol. The van der Waals surface area contributed by atoms with Gasteiger partial charge in [-0.1, -0.05) is 0 Å². The number of carbonyl (C=O) groups excluding carboxylic acids is 1. The van der Waals surface area contributed by atoms with Gasteiger partial charge in [-0.3, -0.25) is 0 Å². The van der Waals surface area contributed by atoms with Crippen LogP contribution in [0, 0.1) is 4.91 Å². The second-order valence-electron chi connectivity index (χ2n) is 1.52. The van der Waals surface area contributed by atoms with Gasteiger partial charge in [0, 0.05) is 0 Å². The summed E-state index contributed by atoms with van der Waals surface area (Å²) < 4.78 is 4.28. The SMILES string of the molecule is CC(C)OC(=O)N=O. The number of carbonyl (C=O) groups is 1. The highest BCUT2D eigenvalue weighted by molar-refractivity contribution is 5.67. The first-order valence-electron chi connectivity index (χ1n) is 2.20. The molecule has 0 fully saturated rings. The zero-order chi connectivity index (χ0) is 6.57. The lowest BCUT2D eigenvalue weighted by Crippen LogP contribution is -2.05. The lowest BCUT2D eigenvalue weighted by atomic mass is 10.5. The maximum Gasteiger partial charge on any atom is 0.470 e. The number of nitrogens with zero attached hydrogens (tertiary/aromatic N) is 1. The zero-order valence-corrected chi connectivity index (χ0v) is 4.75. The second kappa shape index (κ2) is 3.12. The van der Waals surface area contributed by atoms with E-state index in [0.717, 1.165) is 0 Å². The van der Waals surface area contributed by atoms with Crippen molar-refractivity contribution in [1.82, 2.24) is 0 Å². The molecular formula is C4H7NO3. The monoisotopic (exact) mass is 117 g/mol. The molecule has 0 radical (unpaired) electrons. The molecule has 0 N–H and O–H groups in total. The first-order valence-corrected chi connectivity index (χ1v) is 2.20. The van der Waals surface area contributed by atoms with Crippen LogP contribution in [0.15, 0.2) is 5.18 Å². The van der Waals surface area contributed by atoms with E-state index in [-0.39, 0.29) is 6.10 Å². The van der Waals surface area contributed by atoms with E-state index in [2.05, 4.69) is 4.74 Å². The Labute approximate surface area is 46.8 Å². The largest absolute Gasteiger partial charge is 0.470 e. The van der Waals surface area contributed by atoms with Gasteiger partial charge >= 0.3 is 6.09 Å². The van der Waals surface area contributed by atoms with Crippen molar-refractivity contribution < 1.29 is 9.53 Å². The third-order valence-corrected chi connectivity index (χ3v) is 0.411. The Morgan fingerprint density at radius 1 is 1.62 bits per heavy atom. The van der Waals surface area contributed by atoms with Crippen LogP contribution in [0.25, 0.3) is 0 Å². The van der Waals surface area contributed by atoms with Crippen molar-refractivity contribution in [2.75, 3.05) is 0 Å². The molecule has 0 aromatic heterocycles. The van der Waals surface area contributed by atoms with E-state index < -0.39 is 6.09 Å². The van der Waals surface area contributed by atoms with Crippen molar-refractivity contribution in [2.24, 2.45) is 5.18 Å². The zero-order valence-electron chi connectivity index (χ0n) is 4.75. The summed E-state index contributed by atoms with van der Waals surface area (Å²) >= 11 is 0. The predicted octanol–water partition coefficient (Wildman–Crippen LogP) is 1.30. The molecule has 0 saturated heterocycles. The number of hydrogen-bond donors (Lipinski definition) is 0. The van der Waals surface area contributed by atoms with E-state index in [1.165, 1.54) is 0 Å². The number of hydrogen-bond acceptors (Lipinski definition) is 3. The molecule has 8 heavy (non-hydrogen) atoms. The van der Waals surface area contributed by atoms with Crippen LogP contribution >= 0.6 is 0 Å². The maximum absolute atomic E-state index is 9.92. The van der Waals surface area contributed by atoms with Gasteiger partial charge in [-0.15, -0.1) is 4.91 Å². The second-order valence-corrected chi connectivity index (χ2v) is 1.52. The van der Waals surface area contributed by atoms with Gasteiger partial charge in [-0.2, -0.15) is 0 Å². The topological polar surface area (TPSA) is 55.7 Å². The first kappa shape index (κ1) is 7.07. The third-order valence-electron chi connectivity index (χ3n) is 0.411. The number of nitroso groups, excluding NO2 is 1. The first-order chi connectivity index (χ1) is 3.66. The molecule has 0 atom stereocenters. The summed E-state index contributed by atoms with van der Waals surface area (Å²) in [5.74, 6) is 0. The van der Waals surface area contributed by atoms with Crippen LogP contribution in [0.1, 0.15) is 13.8 Å². The molecule has 4 heteroatoms. The molecule has 0 aromatic rings. The van der Waals surface area contributed by atoms with E-state index >= 15 is 0 Å². The highest BCUT2D eigenvalue weighted by Crippen LogP contribution is 1.89. The minimum Gasteiger partial charge on any atom is -0.443 e. The molecule has 0 aliphatic heterocycles. The van der Waals surface area contributed by atoms with Gasteiger partial charge in [0.1, 0.15) is 0 Å². The fraction of sp³-hybridized carbons (Fsp3) is 0.750. The highest BCUT2D eigenvalue weighted by atomic mass is 16.6. The van der Waals surface area contributed by atoms with E-state index in [4.69, 9.17) is 0 Å². The van der Waals surface area contributed by atoms with Crippen LogP contribution in [0.5, 0.6) is 0 Å². The maximum atomic E-state index is 9.92. The normalized spacial score (nSPS) is 8.88. The Morgan fingerprint density at radius 2 is 2.12 bits per heavy atom. The van der Waals surface area contributed by atoms with Crippen LogP contribution in [0.4, 0.5) is 4.79 Å². The molecule has 0 unspecified atom stereocenters. The minimum atomic E-state index is -1.06. The Morgan fingerprint density at radius 3 is 2.25 bits per heavy atom. The summed E-state index contributed by atoms with van der Waals surface area (Å²) in [7, 11) is 0. The van der Waals surface area contributed by atoms with Crippen molar-refractivity contribution in [2.45, 2.75) is 20.0 Å². The van der Waals surface area contributed by atoms with Gasteiger partial charge < -0.3 is 4.74 Å². The van der Waals surface area contributed by atoms with Crippen molar-refractivity contribution in [3.8, 4) is 0 Å². The van der Waals surface area contributed by atoms with Crippen molar-refractivity contribution in [3.63, 3.8) is 0 Å². The van der Waals surface area contributed by atoms with Gasteiger partial charge in [0.2, 0.25) is 0 Å². The molecule has 46 valence electrons. The van der Waals surface area contributed by atoms with Gasteiger partial charge in [0.05, 0.1) is 11.3 Å². The third kappa shape index (κ3) is 3.27. The van der Waals surface area contributed by atoms with Gasteiger partial charge in [0.15, 0.2) is 0 Å². The van der Waals surface area contributed by atoms with Gasteiger partial charge in [-0.25, -0.2) is 4.79 Å². The Bertz CT molecular complexity index is 99.5. The summed E-state index contributed by atoms with van der Waals surface area (Å²) in [6.45, 7) is 3.28. The molecule has 0 bridgehead atoms. The molecule has 1 amide bonds. The molecule has 4 nitrogen and oxygen atoms in total. The Balaban J connectivity index is 3.39. The predicted molar refractivity (Wildman–Crippen MR) is 27.4 cm³/mol. The van der Waals surface area contributed by atoms with Crippen LogP contribution in [0.2, 0.25) is 0 Å². The highest BCUT2D eigenvalue weighted by Gasteiger charge is 2.01. The molecule has 0 aliphatic rings. The summed E-state index contributed by atoms with van der Waals surface area (Å²) in [6, 6.07) is 0. The number of amides is 1. The van der Waals surface area contributed by atoms with Crippen LogP contribution in [0.3, 0.4) is 0 Å². The summed E-state index contributed by atoms with van der Waals surface area (Å²) in [6.07, 6.45) is -1.32. The van der Waals surface area contributed by atoms with Gasteiger partial charge in [0.25, 0.3) is 0 Å². The number of rotatable bonds is 1. The Hall–Kier alpha value is -0.930. The standard InChI is InChI=1S/C4H7NO3/c1-3(2)8-4(6)5-7/h3H,1-2H3. The van der Waals surface area contributed by atoms with Gasteiger partial charge in [-0.05, 0) is 13.8 Å². The lowest BCUT2D eigenvalue weighted by molar-refractivity contribution is 0.125. The van der Waals surface area contributed by atoms with Crippen molar-refractivity contribution in [1.29, 1.82) is 0 Å². The van der Waals surface area contributed by atoms with Crippen LogP contribution in [-0.4, -0.2) is 12.2 Å². The molecule has 0 heterocycles. The molecule has 0 rings (SSSR count). The van der Waals surface area contributed by atoms with E-state index in [1.54, 1.807) is 13.8 Å². The molecule has 0 saturated carbocycles. The Kier molecular flexibility index (Phi) is 2.76. The summed E-state index contributed by atoms with van der Waals surface area (Å²) in [5.41, 5.74) is 0. The minimum absolute atomic E-state index is 0.264. The summed E-state index contributed by atoms with van der Waals surface area (Å²) in [4.78, 5) is 19.2. The molecule has 0 aromatic carbocycles. The molecule has 0 spiro atoms. The quantitative estimate of drug-likeness (QED) is 0.486. The smallest absolute Gasteiger partial charge is 0.443 e. The molecule has 0 aliphatic carbocycles. The fourth-order valence-electron chi connectivity index (χ4n) is 0.223. The van der Waals surface area contributed by atoms with Crippen LogP contribution < -0.4 is 0 Å². The van der Waals surface area contributed by atoms with Crippen molar-refractivity contribution in [3.05, 3.63) is 4.91 Å². The van der Waals surface area contributed by atoms with E-state index in [9.17, 15) is 9.70 Å². The summed E-state index contributed by atoms with van der Waals surface area (Å²) in [5, 5.41) is 2.02. The van der Waals surface area contributed by atoms with Crippen LogP contribution in [-0.2, 0) is 4.74 Å². The van der Waals surface area contributed by atoms with E-state index in [0.29, 0.717) is 0 Å². The average molecular weight is 117 g/mol.